The van der Waals surface area contributed by atoms with Crippen LogP contribution in [-0.2, 0) is 6.54 Å². The predicted molar refractivity (Wildman–Crippen MR) is 95.7 cm³/mol. The van der Waals surface area contributed by atoms with Gasteiger partial charge in [0.05, 0.1) is 5.56 Å². The zero-order chi connectivity index (χ0) is 16.8. The van der Waals surface area contributed by atoms with E-state index in [0.29, 0.717) is 23.7 Å². The highest BCUT2D eigenvalue weighted by Gasteiger charge is 2.08. The minimum atomic E-state index is -0.256. The van der Waals surface area contributed by atoms with Crippen LogP contribution in [0.5, 0.6) is 0 Å². The number of halogens is 1. The topological polar surface area (TPSA) is 79.8 Å². The van der Waals surface area contributed by atoms with Crippen molar-refractivity contribution in [2.24, 2.45) is 0 Å². The maximum absolute atomic E-state index is 12.2. The van der Waals surface area contributed by atoms with Crippen molar-refractivity contribution >= 4 is 33.5 Å². The molecule has 0 radical (unpaired) electrons. The van der Waals surface area contributed by atoms with Crippen molar-refractivity contribution in [3.05, 3.63) is 76.8 Å². The molecule has 1 aromatic carbocycles. The van der Waals surface area contributed by atoms with Crippen LogP contribution in [0.1, 0.15) is 15.9 Å². The van der Waals surface area contributed by atoms with E-state index < -0.39 is 0 Å². The molecule has 1 amide bonds. The van der Waals surface area contributed by atoms with Gasteiger partial charge in [0.25, 0.3) is 5.91 Å². The Morgan fingerprint density at radius 3 is 2.54 bits per heavy atom. The van der Waals surface area contributed by atoms with Crippen LogP contribution in [0.15, 0.2) is 65.7 Å². The summed E-state index contributed by atoms with van der Waals surface area (Å²) < 4.78 is 0.896. The summed E-state index contributed by atoms with van der Waals surface area (Å²) in [6, 6.07) is 11.2. The van der Waals surface area contributed by atoms with Gasteiger partial charge in [-0.05, 0) is 35.9 Å². The molecule has 0 atom stereocenters. The van der Waals surface area contributed by atoms with Gasteiger partial charge >= 0.3 is 0 Å². The lowest BCUT2D eigenvalue weighted by Gasteiger charge is -2.07. The second-order valence-electron chi connectivity index (χ2n) is 4.97. The van der Waals surface area contributed by atoms with Crippen LogP contribution in [0.3, 0.4) is 0 Å². The zero-order valence-corrected chi connectivity index (χ0v) is 14.2. The van der Waals surface area contributed by atoms with Crippen molar-refractivity contribution in [3.8, 4) is 0 Å². The molecule has 2 heterocycles. The molecule has 2 N–H and O–H groups in total. The number of carbonyl (C=O) groups is 1. The maximum Gasteiger partial charge on any atom is 0.258 e. The van der Waals surface area contributed by atoms with E-state index in [1.807, 2.05) is 36.4 Å². The van der Waals surface area contributed by atoms with Crippen LogP contribution in [0.25, 0.3) is 0 Å². The molecule has 0 aliphatic heterocycles. The Balaban J connectivity index is 1.60. The number of benzene rings is 1. The van der Waals surface area contributed by atoms with Crippen molar-refractivity contribution in [2.75, 3.05) is 10.6 Å². The Bertz CT molecular complexity index is 824. The van der Waals surface area contributed by atoms with Gasteiger partial charge in [-0.25, -0.2) is 9.97 Å². The van der Waals surface area contributed by atoms with E-state index >= 15 is 0 Å². The van der Waals surface area contributed by atoms with Gasteiger partial charge < -0.3 is 10.6 Å². The highest BCUT2D eigenvalue weighted by Crippen LogP contribution is 2.16. The largest absolute Gasteiger partial charge is 0.350 e. The average molecular weight is 384 g/mol. The summed E-state index contributed by atoms with van der Waals surface area (Å²) >= 11 is 3.37. The molecule has 0 bridgehead atoms. The van der Waals surface area contributed by atoms with E-state index in [0.717, 1.165) is 10.0 Å². The first-order valence-electron chi connectivity index (χ1n) is 7.22. The summed E-state index contributed by atoms with van der Waals surface area (Å²) in [7, 11) is 0. The number of pyridine rings is 1. The molecule has 0 fully saturated rings. The molecule has 0 aliphatic rings. The number of anilines is 2. The Labute approximate surface area is 147 Å². The van der Waals surface area contributed by atoms with Crippen molar-refractivity contribution < 1.29 is 4.79 Å². The number of nitrogens with zero attached hydrogens (tertiary/aromatic N) is 3. The summed E-state index contributed by atoms with van der Waals surface area (Å²) in [5, 5.41) is 5.90. The highest BCUT2D eigenvalue weighted by atomic mass is 79.9. The third kappa shape index (κ3) is 4.36. The zero-order valence-electron chi connectivity index (χ0n) is 12.6. The van der Waals surface area contributed by atoms with Crippen LogP contribution in [0, 0.1) is 0 Å². The molecule has 24 heavy (non-hydrogen) atoms. The molecule has 2 aromatic heterocycles. The molecule has 0 aliphatic carbocycles. The van der Waals surface area contributed by atoms with Gasteiger partial charge in [0, 0.05) is 41.5 Å². The Hall–Kier alpha value is -2.80. The minimum Gasteiger partial charge on any atom is -0.350 e. The lowest BCUT2D eigenvalue weighted by molar-refractivity contribution is 0.102. The molecule has 0 saturated heterocycles. The standard InChI is InChI=1S/C17H14BrN5O/c18-14-2-1-3-15(8-14)23-16(24)13-10-21-17(22-11-13)20-9-12-4-6-19-7-5-12/h1-8,10-11H,9H2,(H,23,24)(H,20,21,22). The van der Waals surface area contributed by atoms with Crippen molar-refractivity contribution in [1.82, 2.24) is 15.0 Å². The van der Waals surface area contributed by atoms with Gasteiger partial charge in [0.2, 0.25) is 5.95 Å². The molecule has 120 valence electrons. The molecule has 3 aromatic rings. The second-order valence-corrected chi connectivity index (χ2v) is 5.88. The summed E-state index contributed by atoms with van der Waals surface area (Å²) in [6.45, 7) is 0.589. The number of amides is 1. The fraction of sp³-hybridized carbons (Fsp3) is 0.0588. The van der Waals surface area contributed by atoms with Gasteiger partial charge in [0.1, 0.15) is 0 Å². The smallest absolute Gasteiger partial charge is 0.258 e. The summed E-state index contributed by atoms with van der Waals surface area (Å²) in [4.78, 5) is 24.5. The fourth-order valence-electron chi connectivity index (χ4n) is 1.99. The van der Waals surface area contributed by atoms with Gasteiger partial charge in [-0.1, -0.05) is 22.0 Å². The number of rotatable bonds is 5. The number of carbonyl (C=O) groups excluding carboxylic acids is 1. The van der Waals surface area contributed by atoms with E-state index in [-0.39, 0.29) is 5.91 Å². The highest BCUT2D eigenvalue weighted by molar-refractivity contribution is 9.10. The first-order chi connectivity index (χ1) is 11.7. The van der Waals surface area contributed by atoms with E-state index in [1.165, 1.54) is 12.4 Å². The molecular formula is C17H14BrN5O. The predicted octanol–water partition coefficient (Wildman–Crippen LogP) is 3.50. The van der Waals surface area contributed by atoms with E-state index in [1.54, 1.807) is 12.4 Å². The summed E-state index contributed by atoms with van der Waals surface area (Å²) in [5.41, 5.74) is 2.17. The third-order valence-electron chi connectivity index (χ3n) is 3.20. The number of hydrogen-bond acceptors (Lipinski definition) is 5. The Kier molecular flexibility index (Phi) is 5.12. The molecule has 6 nitrogen and oxygen atoms in total. The van der Waals surface area contributed by atoms with Gasteiger partial charge in [0.15, 0.2) is 0 Å². The first kappa shape index (κ1) is 16.1. The van der Waals surface area contributed by atoms with Crippen molar-refractivity contribution in [1.29, 1.82) is 0 Å². The van der Waals surface area contributed by atoms with Crippen LogP contribution >= 0.6 is 15.9 Å². The molecule has 0 unspecified atom stereocenters. The van der Waals surface area contributed by atoms with Crippen LogP contribution in [0.4, 0.5) is 11.6 Å². The van der Waals surface area contributed by atoms with Gasteiger partial charge in [-0.2, -0.15) is 0 Å². The van der Waals surface area contributed by atoms with E-state index in [4.69, 9.17) is 0 Å². The lowest BCUT2D eigenvalue weighted by Crippen LogP contribution is -2.13. The molecular weight excluding hydrogens is 370 g/mol. The normalized spacial score (nSPS) is 10.2. The fourth-order valence-corrected chi connectivity index (χ4v) is 2.39. The van der Waals surface area contributed by atoms with E-state index in [9.17, 15) is 4.79 Å². The number of hydrogen-bond donors (Lipinski definition) is 2. The minimum absolute atomic E-state index is 0.256. The third-order valence-corrected chi connectivity index (χ3v) is 3.69. The quantitative estimate of drug-likeness (QED) is 0.704. The molecule has 7 heteroatoms. The monoisotopic (exact) mass is 383 g/mol. The SMILES string of the molecule is O=C(Nc1cccc(Br)c1)c1cnc(NCc2ccncc2)nc1. The van der Waals surface area contributed by atoms with Crippen molar-refractivity contribution in [2.45, 2.75) is 6.54 Å². The molecule has 3 rings (SSSR count). The summed E-state index contributed by atoms with van der Waals surface area (Å²) in [5.74, 6) is 0.208. The summed E-state index contributed by atoms with van der Waals surface area (Å²) in [6.07, 6.45) is 6.45. The lowest BCUT2D eigenvalue weighted by atomic mass is 10.2. The molecule has 0 spiro atoms. The first-order valence-corrected chi connectivity index (χ1v) is 8.02. The second kappa shape index (κ2) is 7.65. The van der Waals surface area contributed by atoms with Crippen molar-refractivity contribution in [3.63, 3.8) is 0 Å². The van der Waals surface area contributed by atoms with Crippen LogP contribution < -0.4 is 10.6 Å². The van der Waals surface area contributed by atoms with Gasteiger partial charge in [-0.15, -0.1) is 0 Å². The van der Waals surface area contributed by atoms with Crippen LogP contribution in [-0.4, -0.2) is 20.9 Å². The Morgan fingerprint density at radius 1 is 1.08 bits per heavy atom. The maximum atomic E-state index is 12.2. The average Bonchev–Trinajstić information content (AvgIpc) is 2.61. The van der Waals surface area contributed by atoms with E-state index in [2.05, 4.69) is 41.5 Å². The Morgan fingerprint density at radius 2 is 1.83 bits per heavy atom. The number of nitrogens with one attached hydrogen (secondary N) is 2. The van der Waals surface area contributed by atoms with Gasteiger partial charge in [-0.3, -0.25) is 9.78 Å². The number of aromatic nitrogens is 3. The molecule has 0 saturated carbocycles. The van der Waals surface area contributed by atoms with Crippen LogP contribution in [0.2, 0.25) is 0 Å².